The first-order valence-electron chi connectivity index (χ1n) is 5.65. The van der Waals surface area contributed by atoms with Crippen molar-refractivity contribution in [1.29, 1.82) is 0 Å². The number of hydrogen-bond donors (Lipinski definition) is 1. The lowest BCUT2D eigenvalue weighted by Crippen LogP contribution is -2.34. The van der Waals surface area contributed by atoms with Gasteiger partial charge in [-0.05, 0) is 19.5 Å². The van der Waals surface area contributed by atoms with Crippen LogP contribution in [0.5, 0.6) is 0 Å². The molecule has 0 saturated carbocycles. The molecule has 0 saturated heterocycles. The topological polar surface area (TPSA) is 59.2 Å². The second kappa shape index (κ2) is 7.63. The molecule has 0 unspecified atom stereocenters. The lowest BCUT2D eigenvalue weighted by molar-refractivity contribution is -0.119. The van der Waals surface area contributed by atoms with Gasteiger partial charge in [-0.1, -0.05) is 6.92 Å². The Balaban J connectivity index is 2.28. The van der Waals surface area contributed by atoms with Crippen molar-refractivity contribution in [2.75, 3.05) is 19.6 Å². The van der Waals surface area contributed by atoms with Crippen LogP contribution in [0.25, 0.3) is 0 Å². The van der Waals surface area contributed by atoms with Crippen molar-refractivity contribution in [2.45, 2.75) is 25.6 Å². The molecule has 4 nitrogen and oxygen atoms in total. The Morgan fingerprint density at radius 2 is 2.41 bits per heavy atom. The maximum absolute atomic E-state index is 10.8. The number of halogens is 1. The average molecular weight is 276 g/mol. The van der Waals surface area contributed by atoms with Gasteiger partial charge >= 0.3 is 0 Å². The van der Waals surface area contributed by atoms with E-state index in [1.165, 1.54) is 0 Å². The van der Waals surface area contributed by atoms with Crippen molar-refractivity contribution in [3.8, 4) is 0 Å². The molecule has 96 valence electrons. The van der Waals surface area contributed by atoms with E-state index < -0.39 is 0 Å². The highest BCUT2D eigenvalue weighted by atomic mass is 35.5. The summed E-state index contributed by atoms with van der Waals surface area (Å²) < 4.78 is 0. The van der Waals surface area contributed by atoms with Gasteiger partial charge in [-0.15, -0.1) is 22.9 Å². The molecule has 1 amide bonds. The van der Waals surface area contributed by atoms with Crippen LogP contribution in [0.4, 0.5) is 0 Å². The van der Waals surface area contributed by atoms with Crippen molar-refractivity contribution < 1.29 is 4.79 Å². The minimum absolute atomic E-state index is 0.273. The molecule has 1 heterocycles. The summed E-state index contributed by atoms with van der Waals surface area (Å²) in [7, 11) is 0. The van der Waals surface area contributed by atoms with Crippen LogP contribution in [0, 0.1) is 0 Å². The Morgan fingerprint density at radius 1 is 1.65 bits per heavy atom. The summed E-state index contributed by atoms with van der Waals surface area (Å²) >= 11 is 7.33. The Kier molecular flexibility index (Phi) is 6.47. The van der Waals surface area contributed by atoms with E-state index in [-0.39, 0.29) is 5.91 Å². The van der Waals surface area contributed by atoms with Gasteiger partial charge in [0.05, 0.1) is 23.1 Å². The molecule has 0 bridgehead atoms. The van der Waals surface area contributed by atoms with Gasteiger partial charge in [-0.3, -0.25) is 9.69 Å². The van der Waals surface area contributed by atoms with Crippen LogP contribution in [0.3, 0.4) is 0 Å². The predicted octanol–water partition coefficient (Wildman–Crippen LogP) is 1.62. The van der Waals surface area contributed by atoms with Crippen molar-refractivity contribution in [2.24, 2.45) is 5.73 Å². The molecule has 17 heavy (non-hydrogen) atoms. The first-order chi connectivity index (χ1) is 8.15. The Morgan fingerprint density at radius 3 is 2.94 bits per heavy atom. The molecule has 6 heteroatoms. The summed E-state index contributed by atoms with van der Waals surface area (Å²) in [5, 5.41) is 3.10. The zero-order chi connectivity index (χ0) is 12.7. The quantitative estimate of drug-likeness (QED) is 0.734. The molecule has 1 rings (SSSR count). The van der Waals surface area contributed by atoms with Crippen molar-refractivity contribution in [1.82, 2.24) is 9.88 Å². The van der Waals surface area contributed by atoms with E-state index in [1.807, 2.05) is 17.2 Å². The number of primary amides is 1. The van der Waals surface area contributed by atoms with Crippen molar-refractivity contribution >= 4 is 28.8 Å². The molecule has 0 atom stereocenters. The molecule has 1 aromatic heterocycles. The molecule has 0 aliphatic carbocycles. The van der Waals surface area contributed by atoms with Gasteiger partial charge in [-0.2, -0.15) is 0 Å². The zero-order valence-electron chi connectivity index (χ0n) is 9.99. The molecule has 0 fully saturated rings. The fourth-order valence-electron chi connectivity index (χ4n) is 1.55. The summed E-state index contributed by atoms with van der Waals surface area (Å²) in [6.07, 6.45) is 1.91. The Bertz CT molecular complexity index is 356. The molecule has 0 aliphatic rings. The Labute approximate surface area is 111 Å². The lowest BCUT2D eigenvalue weighted by Gasteiger charge is -2.17. The average Bonchev–Trinajstić information content (AvgIpc) is 2.75. The van der Waals surface area contributed by atoms with E-state index in [1.54, 1.807) is 11.3 Å². The monoisotopic (exact) mass is 275 g/mol. The third kappa shape index (κ3) is 5.48. The molecule has 1 aromatic rings. The molecule has 0 aromatic carbocycles. The second-order valence-electron chi connectivity index (χ2n) is 3.80. The van der Waals surface area contributed by atoms with Gasteiger partial charge in [0, 0.05) is 11.8 Å². The molecular weight excluding hydrogens is 258 g/mol. The van der Waals surface area contributed by atoms with E-state index in [4.69, 9.17) is 17.3 Å². The predicted molar refractivity (Wildman–Crippen MR) is 71.3 cm³/mol. The molecular formula is C11H18ClN3OS. The minimum atomic E-state index is -0.273. The number of carbonyl (C=O) groups is 1. The Hall–Kier alpha value is -0.650. The van der Waals surface area contributed by atoms with Gasteiger partial charge in [0.2, 0.25) is 5.91 Å². The van der Waals surface area contributed by atoms with Gasteiger partial charge in [0.1, 0.15) is 0 Å². The van der Waals surface area contributed by atoms with Gasteiger partial charge < -0.3 is 5.73 Å². The van der Waals surface area contributed by atoms with E-state index in [9.17, 15) is 4.79 Å². The fraction of sp³-hybridized carbons (Fsp3) is 0.636. The number of rotatable bonds is 8. The first-order valence-corrected chi connectivity index (χ1v) is 7.07. The van der Waals surface area contributed by atoms with Crippen LogP contribution < -0.4 is 5.73 Å². The number of aromatic nitrogens is 1. The highest BCUT2D eigenvalue weighted by Crippen LogP contribution is 2.13. The summed E-state index contributed by atoms with van der Waals surface area (Å²) in [5.41, 5.74) is 6.11. The number of thiazole rings is 1. The number of carbonyl (C=O) groups excluding carboxylic acids is 1. The number of likely N-dealkylation sites (N-methyl/N-ethyl adjacent to an activating group) is 1. The molecule has 2 N–H and O–H groups in total. The van der Waals surface area contributed by atoms with Crippen LogP contribution in [0.15, 0.2) is 5.38 Å². The summed E-state index contributed by atoms with van der Waals surface area (Å²) in [4.78, 5) is 17.2. The first kappa shape index (κ1) is 14.4. The standard InChI is InChI=1S/C11H18ClN3OS/c1-2-15(7-10(13)16)5-3-4-11-14-9(6-12)8-17-11/h8H,2-7H2,1H3,(H2,13,16). The fourth-order valence-corrected chi connectivity index (χ4v) is 2.62. The maximum Gasteiger partial charge on any atom is 0.231 e. The van der Waals surface area contributed by atoms with Crippen molar-refractivity contribution in [3.63, 3.8) is 0 Å². The number of aryl methyl sites for hydroxylation is 1. The molecule has 0 radical (unpaired) electrons. The van der Waals surface area contributed by atoms with E-state index >= 15 is 0 Å². The van der Waals surface area contributed by atoms with Gasteiger partial charge in [0.15, 0.2) is 0 Å². The van der Waals surface area contributed by atoms with E-state index in [0.717, 1.165) is 36.6 Å². The van der Waals surface area contributed by atoms with Crippen LogP contribution in [-0.2, 0) is 17.1 Å². The van der Waals surface area contributed by atoms with Crippen LogP contribution in [0.1, 0.15) is 24.0 Å². The van der Waals surface area contributed by atoms with Gasteiger partial charge in [0.25, 0.3) is 0 Å². The molecule has 0 spiro atoms. The number of nitrogens with zero attached hydrogens (tertiary/aromatic N) is 2. The lowest BCUT2D eigenvalue weighted by atomic mass is 10.3. The summed E-state index contributed by atoms with van der Waals surface area (Å²) in [6, 6.07) is 0. The normalized spacial score (nSPS) is 11.0. The highest BCUT2D eigenvalue weighted by Gasteiger charge is 2.06. The van der Waals surface area contributed by atoms with Crippen LogP contribution in [-0.4, -0.2) is 35.4 Å². The minimum Gasteiger partial charge on any atom is -0.369 e. The van der Waals surface area contributed by atoms with E-state index in [0.29, 0.717) is 12.4 Å². The highest BCUT2D eigenvalue weighted by molar-refractivity contribution is 7.09. The third-order valence-electron chi connectivity index (χ3n) is 2.43. The smallest absolute Gasteiger partial charge is 0.231 e. The van der Waals surface area contributed by atoms with Gasteiger partial charge in [-0.25, -0.2) is 4.98 Å². The number of hydrogen-bond acceptors (Lipinski definition) is 4. The summed E-state index contributed by atoms with van der Waals surface area (Å²) in [6.45, 7) is 4.07. The summed E-state index contributed by atoms with van der Waals surface area (Å²) in [5.74, 6) is 0.199. The number of alkyl halides is 1. The third-order valence-corrected chi connectivity index (χ3v) is 3.66. The largest absolute Gasteiger partial charge is 0.369 e. The van der Waals surface area contributed by atoms with Crippen molar-refractivity contribution in [3.05, 3.63) is 16.1 Å². The molecule has 0 aliphatic heterocycles. The zero-order valence-corrected chi connectivity index (χ0v) is 11.6. The number of amides is 1. The van der Waals surface area contributed by atoms with E-state index in [2.05, 4.69) is 4.98 Å². The van der Waals surface area contributed by atoms with Crippen LogP contribution in [0.2, 0.25) is 0 Å². The maximum atomic E-state index is 10.8. The second-order valence-corrected chi connectivity index (χ2v) is 5.01. The van der Waals surface area contributed by atoms with Crippen LogP contribution >= 0.6 is 22.9 Å². The number of nitrogens with two attached hydrogens (primary N) is 1. The SMILES string of the molecule is CCN(CCCc1nc(CCl)cs1)CC(N)=O.